The quantitative estimate of drug-likeness (QED) is 0.712. The van der Waals surface area contributed by atoms with Crippen molar-refractivity contribution in [1.82, 2.24) is 4.90 Å². The van der Waals surface area contributed by atoms with Crippen molar-refractivity contribution < 1.29 is 17.9 Å². The number of methoxy groups -OCH3 is 1. The van der Waals surface area contributed by atoms with Crippen molar-refractivity contribution in [1.29, 1.82) is 0 Å². The van der Waals surface area contributed by atoms with E-state index in [1.165, 1.54) is 12.0 Å². The minimum atomic E-state index is -4.17. The van der Waals surface area contributed by atoms with Crippen LogP contribution in [-0.4, -0.2) is 50.5 Å². The zero-order chi connectivity index (χ0) is 11.9. The predicted molar refractivity (Wildman–Crippen MR) is 52.6 cm³/mol. The molecule has 0 aromatic carbocycles. The second-order valence-electron chi connectivity index (χ2n) is 3.50. The van der Waals surface area contributed by atoms with Crippen molar-refractivity contribution in [2.75, 3.05) is 33.4 Å². The van der Waals surface area contributed by atoms with Gasteiger partial charge in [-0.15, -0.1) is 0 Å². The van der Waals surface area contributed by atoms with E-state index in [1.54, 1.807) is 6.92 Å². The smallest absolute Gasteiger partial charge is 0.385 e. The van der Waals surface area contributed by atoms with Crippen molar-refractivity contribution >= 4 is 0 Å². The molecule has 0 aliphatic rings. The molecule has 1 unspecified atom stereocenters. The van der Waals surface area contributed by atoms with Gasteiger partial charge in [-0.25, -0.2) is 0 Å². The molecule has 1 atom stereocenters. The van der Waals surface area contributed by atoms with Crippen molar-refractivity contribution in [3.8, 4) is 0 Å². The maximum absolute atomic E-state index is 12.2. The topological polar surface area (TPSA) is 38.5 Å². The molecule has 92 valence electrons. The molecule has 0 saturated carbocycles. The summed E-state index contributed by atoms with van der Waals surface area (Å²) >= 11 is 0. The highest BCUT2D eigenvalue weighted by atomic mass is 19.4. The van der Waals surface area contributed by atoms with Gasteiger partial charge in [-0.3, -0.25) is 4.90 Å². The normalized spacial score (nSPS) is 14.6. The number of nitrogens with zero attached hydrogens (tertiary/aromatic N) is 1. The van der Waals surface area contributed by atoms with Crippen LogP contribution in [-0.2, 0) is 4.74 Å². The maximum atomic E-state index is 12.2. The number of hydrogen-bond acceptors (Lipinski definition) is 3. The van der Waals surface area contributed by atoms with Crippen molar-refractivity contribution in [2.45, 2.75) is 25.6 Å². The first-order valence-electron chi connectivity index (χ1n) is 4.90. The number of hydrogen-bond donors (Lipinski definition) is 1. The first kappa shape index (κ1) is 14.7. The highest BCUT2D eigenvalue weighted by Gasteiger charge is 2.32. The summed E-state index contributed by atoms with van der Waals surface area (Å²) in [7, 11) is 1.53. The van der Waals surface area contributed by atoms with Gasteiger partial charge in [0.15, 0.2) is 0 Å². The Morgan fingerprint density at radius 2 is 2.00 bits per heavy atom. The largest absolute Gasteiger partial charge is 0.401 e. The summed E-state index contributed by atoms with van der Waals surface area (Å²) in [6.45, 7) is 1.79. The van der Waals surface area contributed by atoms with Crippen molar-refractivity contribution in [2.24, 2.45) is 5.73 Å². The second kappa shape index (κ2) is 7.03. The van der Waals surface area contributed by atoms with Gasteiger partial charge >= 0.3 is 6.18 Å². The van der Waals surface area contributed by atoms with E-state index in [0.29, 0.717) is 13.0 Å². The average Bonchev–Trinajstić information content (AvgIpc) is 2.11. The van der Waals surface area contributed by atoms with Gasteiger partial charge in [0.2, 0.25) is 0 Å². The number of ether oxygens (including phenoxy) is 1. The Morgan fingerprint density at radius 1 is 1.40 bits per heavy atom. The van der Waals surface area contributed by atoms with E-state index in [-0.39, 0.29) is 19.1 Å². The fourth-order valence-electron chi connectivity index (χ4n) is 1.32. The molecule has 0 rings (SSSR count). The van der Waals surface area contributed by atoms with Crippen LogP contribution in [0.25, 0.3) is 0 Å². The van der Waals surface area contributed by atoms with Crippen LogP contribution in [0.15, 0.2) is 0 Å². The number of alkyl halides is 3. The predicted octanol–water partition coefficient (Wildman–Crippen LogP) is 1.23. The molecule has 0 fully saturated rings. The average molecular weight is 228 g/mol. The molecule has 0 radical (unpaired) electrons. The molecule has 3 nitrogen and oxygen atoms in total. The van der Waals surface area contributed by atoms with Crippen LogP contribution in [0.2, 0.25) is 0 Å². The summed E-state index contributed by atoms with van der Waals surface area (Å²) in [5.41, 5.74) is 5.27. The Morgan fingerprint density at radius 3 is 2.40 bits per heavy atom. The lowest BCUT2D eigenvalue weighted by Gasteiger charge is -2.29. The Balaban J connectivity index is 4.12. The molecule has 2 N–H and O–H groups in total. The van der Waals surface area contributed by atoms with Crippen molar-refractivity contribution in [3.05, 3.63) is 0 Å². The first-order valence-corrected chi connectivity index (χ1v) is 4.90. The zero-order valence-electron chi connectivity index (χ0n) is 9.18. The molecule has 0 saturated heterocycles. The van der Waals surface area contributed by atoms with Crippen LogP contribution in [0.4, 0.5) is 13.2 Å². The lowest BCUT2D eigenvalue weighted by atomic mass is 10.2. The van der Waals surface area contributed by atoms with Gasteiger partial charge in [-0.1, -0.05) is 0 Å². The molecule has 0 aliphatic heterocycles. The highest BCUT2D eigenvalue weighted by molar-refractivity contribution is 4.70. The van der Waals surface area contributed by atoms with E-state index < -0.39 is 12.7 Å². The van der Waals surface area contributed by atoms with E-state index in [0.717, 1.165) is 0 Å². The molecule has 0 aliphatic carbocycles. The monoisotopic (exact) mass is 228 g/mol. The standard InChI is InChI=1S/C9H19F3N2O/c1-8(3-6-15-2)14(5-4-13)7-9(10,11)12/h8H,3-7,13H2,1-2H3. The Labute approximate surface area is 88.4 Å². The second-order valence-corrected chi connectivity index (χ2v) is 3.50. The third kappa shape index (κ3) is 7.58. The molecule has 0 spiro atoms. The number of halogens is 3. The first-order chi connectivity index (χ1) is 6.90. The highest BCUT2D eigenvalue weighted by Crippen LogP contribution is 2.18. The van der Waals surface area contributed by atoms with Gasteiger partial charge < -0.3 is 10.5 Å². The van der Waals surface area contributed by atoms with E-state index in [9.17, 15) is 13.2 Å². The number of nitrogens with two attached hydrogens (primary N) is 1. The van der Waals surface area contributed by atoms with Crippen LogP contribution in [0.5, 0.6) is 0 Å². The Hall–Kier alpha value is -0.330. The molecule has 6 heteroatoms. The number of rotatable bonds is 7. The molecule has 0 aromatic heterocycles. The Bertz CT molecular complexity index is 164. The molecular formula is C9H19F3N2O. The van der Waals surface area contributed by atoms with Gasteiger partial charge in [0.25, 0.3) is 0 Å². The lowest BCUT2D eigenvalue weighted by molar-refractivity contribution is -0.150. The van der Waals surface area contributed by atoms with Crippen molar-refractivity contribution in [3.63, 3.8) is 0 Å². The van der Waals surface area contributed by atoms with Gasteiger partial charge in [0.1, 0.15) is 0 Å². The van der Waals surface area contributed by atoms with Crippen LogP contribution in [0.1, 0.15) is 13.3 Å². The Kier molecular flexibility index (Phi) is 6.87. The van der Waals surface area contributed by atoms with Crippen LogP contribution < -0.4 is 5.73 Å². The van der Waals surface area contributed by atoms with Crippen LogP contribution in [0, 0.1) is 0 Å². The molecular weight excluding hydrogens is 209 g/mol. The summed E-state index contributed by atoms with van der Waals surface area (Å²) in [4.78, 5) is 1.33. The molecule has 0 bridgehead atoms. The van der Waals surface area contributed by atoms with Gasteiger partial charge in [0, 0.05) is 32.8 Å². The van der Waals surface area contributed by atoms with Crippen LogP contribution in [0.3, 0.4) is 0 Å². The minimum Gasteiger partial charge on any atom is -0.385 e. The van der Waals surface area contributed by atoms with E-state index in [4.69, 9.17) is 10.5 Å². The van der Waals surface area contributed by atoms with Gasteiger partial charge in [-0.2, -0.15) is 13.2 Å². The molecule has 0 aromatic rings. The van der Waals surface area contributed by atoms with E-state index >= 15 is 0 Å². The summed E-state index contributed by atoms with van der Waals surface area (Å²) in [5, 5.41) is 0. The SMILES string of the molecule is COCCC(C)N(CCN)CC(F)(F)F. The third-order valence-electron chi connectivity index (χ3n) is 2.16. The minimum absolute atomic E-state index is 0.171. The molecule has 0 amide bonds. The van der Waals surface area contributed by atoms with Crippen LogP contribution >= 0.6 is 0 Å². The molecule has 15 heavy (non-hydrogen) atoms. The lowest BCUT2D eigenvalue weighted by Crippen LogP contribution is -2.43. The maximum Gasteiger partial charge on any atom is 0.401 e. The fraction of sp³-hybridized carbons (Fsp3) is 1.00. The van der Waals surface area contributed by atoms with E-state index in [2.05, 4.69) is 0 Å². The van der Waals surface area contributed by atoms with Gasteiger partial charge in [-0.05, 0) is 13.3 Å². The summed E-state index contributed by atoms with van der Waals surface area (Å²) in [6, 6.07) is -0.171. The van der Waals surface area contributed by atoms with Gasteiger partial charge in [0.05, 0.1) is 6.54 Å². The summed E-state index contributed by atoms with van der Waals surface area (Å²) in [6.07, 6.45) is -3.59. The molecule has 0 heterocycles. The zero-order valence-corrected chi connectivity index (χ0v) is 9.18. The third-order valence-corrected chi connectivity index (χ3v) is 2.16. The summed E-state index contributed by atoms with van der Waals surface area (Å²) < 4.78 is 41.4. The fourth-order valence-corrected chi connectivity index (χ4v) is 1.32. The summed E-state index contributed by atoms with van der Waals surface area (Å²) in [5.74, 6) is 0. The van der Waals surface area contributed by atoms with E-state index in [1.807, 2.05) is 0 Å².